The zero-order chi connectivity index (χ0) is 42.1. The topological polar surface area (TPSA) is 61.8 Å². The number of ether oxygens (including phenoxy) is 3. The van der Waals surface area contributed by atoms with Crippen LogP contribution in [-0.4, -0.2) is 37.9 Å². The van der Waals surface area contributed by atoms with Crippen LogP contribution in [0.2, 0.25) is 0 Å². The van der Waals surface area contributed by atoms with Crippen LogP contribution in [0.1, 0.15) is 278 Å². The van der Waals surface area contributed by atoms with E-state index in [9.17, 15) is 9.59 Å². The molecule has 0 amide bonds. The van der Waals surface area contributed by atoms with E-state index < -0.39 is 6.10 Å². The molecule has 1 atom stereocenters. The van der Waals surface area contributed by atoms with Crippen molar-refractivity contribution in [3.05, 3.63) is 24.3 Å². The Bertz CT molecular complexity index is 882. The molecule has 0 radical (unpaired) electrons. The molecule has 0 aliphatic carbocycles. The smallest absolute Gasteiger partial charge is 0.306 e. The van der Waals surface area contributed by atoms with Crippen molar-refractivity contribution in [2.45, 2.75) is 284 Å². The molecule has 0 aromatic heterocycles. The van der Waals surface area contributed by atoms with E-state index in [4.69, 9.17) is 14.2 Å². The quantitative estimate of drug-likeness (QED) is 0.0348. The normalized spacial score (nSPS) is 12.3. The van der Waals surface area contributed by atoms with Gasteiger partial charge in [0.2, 0.25) is 0 Å². The molecule has 5 heteroatoms. The Morgan fingerprint density at radius 3 is 1.07 bits per heavy atom. The highest BCUT2D eigenvalue weighted by atomic mass is 16.6. The van der Waals surface area contributed by atoms with E-state index in [1.807, 2.05) is 0 Å². The van der Waals surface area contributed by atoms with E-state index >= 15 is 0 Å². The highest BCUT2D eigenvalue weighted by Crippen LogP contribution is 2.15. The Hall–Kier alpha value is -1.62. The van der Waals surface area contributed by atoms with E-state index in [1.54, 1.807) is 0 Å². The standard InChI is InChI=1S/C53H100O5/c1-4-7-10-13-16-19-21-23-24-25-26-27-28-29-31-33-36-39-42-45-48-56-49-51(58-53(55)47-44-41-38-34-18-15-12-9-6-3)50-57-52(54)46-43-40-37-35-32-30-22-20-17-14-11-8-5-2/h20,22-24,51H,4-19,21,25-50H2,1-3H3/b22-20-,24-23-. The molecule has 0 fully saturated rings. The summed E-state index contributed by atoms with van der Waals surface area (Å²) in [5, 5.41) is 0. The van der Waals surface area contributed by atoms with Crippen LogP contribution < -0.4 is 0 Å². The summed E-state index contributed by atoms with van der Waals surface area (Å²) in [6.45, 7) is 7.82. The third kappa shape index (κ3) is 47.1. The van der Waals surface area contributed by atoms with Gasteiger partial charge in [-0.1, -0.05) is 218 Å². The summed E-state index contributed by atoms with van der Waals surface area (Å²) in [5.41, 5.74) is 0. The van der Waals surface area contributed by atoms with E-state index in [1.165, 1.54) is 199 Å². The molecule has 5 nitrogen and oxygen atoms in total. The minimum atomic E-state index is -0.532. The molecule has 0 heterocycles. The number of allylic oxidation sites excluding steroid dienone is 4. The van der Waals surface area contributed by atoms with Crippen molar-refractivity contribution < 1.29 is 23.8 Å². The second kappa shape index (κ2) is 49.7. The van der Waals surface area contributed by atoms with Crippen LogP contribution in [-0.2, 0) is 23.8 Å². The lowest BCUT2D eigenvalue weighted by molar-refractivity contribution is -0.163. The highest BCUT2D eigenvalue weighted by Gasteiger charge is 2.17. The monoisotopic (exact) mass is 817 g/mol. The van der Waals surface area contributed by atoms with E-state index in [-0.39, 0.29) is 18.5 Å². The number of unbranched alkanes of at least 4 members (excludes halogenated alkanes) is 33. The van der Waals surface area contributed by atoms with E-state index in [0.717, 1.165) is 44.9 Å². The zero-order valence-corrected chi connectivity index (χ0v) is 39.3. The van der Waals surface area contributed by atoms with Crippen molar-refractivity contribution in [3.63, 3.8) is 0 Å². The van der Waals surface area contributed by atoms with Crippen LogP contribution in [0.25, 0.3) is 0 Å². The van der Waals surface area contributed by atoms with Gasteiger partial charge in [0, 0.05) is 19.4 Å². The fraction of sp³-hybridized carbons (Fsp3) is 0.887. The highest BCUT2D eigenvalue weighted by molar-refractivity contribution is 5.70. The van der Waals surface area contributed by atoms with Gasteiger partial charge >= 0.3 is 11.9 Å². The minimum Gasteiger partial charge on any atom is -0.462 e. The van der Waals surface area contributed by atoms with Gasteiger partial charge in [-0.25, -0.2) is 0 Å². The summed E-state index contributed by atoms with van der Waals surface area (Å²) in [7, 11) is 0. The molecule has 342 valence electrons. The van der Waals surface area contributed by atoms with Gasteiger partial charge in [0.1, 0.15) is 6.61 Å². The van der Waals surface area contributed by atoms with E-state index in [2.05, 4.69) is 45.1 Å². The van der Waals surface area contributed by atoms with Gasteiger partial charge in [-0.15, -0.1) is 0 Å². The van der Waals surface area contributed by atoms with Gasteiger partial charge in [0.05, 0.1) is 6.61 Å². The number of carbonyl (C=O) groups is 2. The number of esters is 2. The first-order valence-electron chi connectivity index (χ1n) is 25.9. The number of hydrogen-bond donors (Lipinski definition) is 0. The minimum absolute atomic E-state index is 0.0864. The molecule has 0 aromatic carbocycles. The SMILES string of the molecule is CCCCCC/C=C\CCCCCCCC(=O)OCC(COCCCCCCCCCCCC/C=C\CCCCCCCC)OC(=O)CCCCCCCCCCC. The van der Waals surface area contributed by atoms with Crippen LogP contribution in [0.4, 0.5) is 0 Å². The first kappa shape index (κ1) is 56.4. The Labute approximate surface area is 362 Å². The van der Waals surface area contributed by atoms with Gasteiger partial charge < -0.3 is 14.2 Å². The summed E-state index contributed by atoms with van der Waals surface area (Å²) in [6.07, 6.45) is 57.6. The van der Waals surface area contributed by atoms with Crippen molar-refractivity contribution in [2.24, 2.45) is 0 Å². The first-order valence-corrected chi connectivity index (χ1v) is 25.9. The predicted octanol–water partition coefficient (Wildman–Crippen LogP) is 17.2. The molecular formula is C53H100O5. The Kier molecular flexibility index (Phi) is 48.4. The predicted molar refractivity (Wildman–Crippen MR) is 252 cm³/mol. The van der Waals surface area contributed by atoms with Crippen LogP contribution in [0.3, 0.4) is 0 Å². The third-order valence-corrected chi connectivity index (χ3v) is 11.5. The lowest BCUT2D eigenvalue weighted by Gasteiger charge is -2.18. The van der Waals surface area contributed by atoms with Crippen LogP contribution in [0.15, 0.2) is 24.3 Å². The maximum Gasteiger partial charge on any atom is 0.306 e. The Balaban J connectivity index is 4.12. The Morgan fingerprint density at radius 2 is 0.672 bits per heavy atom. The third-order valence-electron chi connectivity index (χ3n) is 11.5. The molecule has 0 aromatic rings. The average molecular weight is 817 g/mol. The Morgan fingerprint density at radius 1 is 0.362 bits per heavy atom. The first-order chi connectivity index (χ1) is 28.6. The van der Waals surface area contributed by atoms with Gasteiger partial charge in [0.25, 0.3) is 0 Å². The molecule has 0 bridgehead atoms. The van der Waals surface area contributed by atoms with Gasteiger partial charge in [0.15, 0.2) is 6.10 Å². The molecule has 0 aliphatic rings. The maximum absolute atomic E-state index is 12.7. The molecule has 58 heavy (non-hydrogen) atoms. The zero-order valence-electron chi connectivity index (χ0n) is 39.3. The lowest BCUT2D eigenvalue weighted by atomic mass is 10.1. The molecule has 1 unspecified atom stereocenters. The molecule has 0 N–H and O–H groups in total. The van der Waals surface area contributed by atoms with Gasteiger partial charge in [-0.05, 0) is 70.6 Å². The largest absolute Gasteiger partial charge is 0.462 e. The summed E-state index contributed by atoms with van der Waals surface area (Å²) in [5.74, 6) is -0.396. The maximum atomic E-state index is 12.7. The van der Waals surface area contributed by atoms with Crippen molar-refractivity contribution in [1.29, 1.82) is 0 Å². The number of rotatable bonds is 48. The second-order valence-electron chi connectivity index (χ2n) is 17.4. The molecule has 0 rings (SSSR count). The van der Waals surface area contributed by atoms with Gasteiger partial charge in [-0.2, -0.15) is 0 Å². The molecule has 0 aliphatic heterocycles. The molecule has 0 saturated carbocycles. The van der Waals surface area contributed by atoms with Crippen molar-refractivity contribution in [1.82, 2.24) is 0 Å². The second-order valence-corrected chi connectivity index (χ2v) is 17.4. The summed E-state index contributed by atoms with van der Waals surface area (Å²) >= 11 is 0. The summed E-state index contributed by atoms with van der Waals surface area (Å²) in [4.78, 5) is 25.3. The van der Waals surface area contributed by atoms with Crippen molar-refractivity contribution in [3.8, 4) is 0 Å². The van der Waals surface area contributed by atoms with Crippen LogP contribution in [0.5, 0.6) is 0 Å². The molecular weight excluding hydrogens is 717 g/mol. The molecule has 0 spiro atoms. The number of carbonyl (C=O) groups excluding carboxylic acids is 2. The van der Waals surface area contributed by atoms with E-state index in [0.29, 0.717) is 26.1 Å². The summed E-state index contributed by atoms with van der Waals surface area (Å²) in [6, 6.07) is 0. The van der Waals surface area contributed by atoms with Crippen molar-refractivity contribution >= 4 is 11.9 Å². The van der Waals surface area contributed by atoms with Crippen LogP contribution in [0, 0.1) is 0 Å². The van der Waals surface area contributed by atoms with Gasteiger partial charge in [-0.3, -0.25) is 9.59 Å². The fourth-order valence-corrected chi connectivity index (χ4v) is 7.56. The molecule has 0 saturated heterocycles. The summed E-state index contributed by atoms with van der Waals surface area (Å²) < 4.78 is 17.4. The number of hydrogen-bond acceptors (Lipinski definition) is 5. The lowest BCUT2D eigenvalue weighted by Crippen LogP contribution is -2.30. The average Bonchev–Trinajstić information content (AvgIpc) is 3.22. The van der Waals surface area contributed by atoms with Crippen molar-refractivity contribution in [2.75, 3.05) is 19.8 Å². The fourth-order valence-electron chi connectivity index (χ4n) is 7.56. The van der Waals surface area contributed by atoms with Crippen LogP contribution >= 0.6 is 0 Å².